The van der Waals surface area contributed by atoms with Gasteiger partial charge in [0.25, 0.3) is 0 Å². The summed E-state index contributed by atoms with van der Waals surface area (Å²) in [5, 5.41) is 3.06. The lowest BCUT2D eigenvalue weighted by molar-refractivity contribution is -0.152. The summed E-state index contributed by atoms with van der Waals surface area (Å²) >= 11 is 0. The van der Waals surface area contributed by atoms with Crippen LogP contribution in [0.3, 0.4) is 0 Å². The molecule has 0 heterocycles. The maximum atomic E-state index is 13.2. The normalized spacial score (nSPS) is 13.9. The summed E-state index contributed by atoms with van der Waals surface area (Å²) in [5.74, 6) is 0.0733. The van der Waals surface area contributed by atoms with Crippen molar-refractivity contribution < 1.29 is 19.1 Å². The Balaban J connectivity index is 4.91. The Bertz CT molecular complexity index is 607. The molecular formula is C24H45NO4. The van der Waals surface area contributed by atoms with E-state index in [0.29, 0.717) is 25.9 Å². The fourth-order valence-electron chi connectivity index (χ4n) is 3.72. The number of hydrogen-bond donors (Lipinski definition) is 1. The van der Waals surface area contributed by atoms with E-state index in [1.54, 1.807) is 20.8 Å². The first kappa shape index (κ1) is 27.8. The van der Waals surface area contributed by atoms with Crippen LogP contribution >= 0.6 is 0 Å². The maximum absolute atomic E-state index is 13.2. The number of hydrogen-bond acceptors (Lipinski definition) is 4. The van der Waals surface area contributed by atoms with E-state index in [0.717, 1.165) is 0 Å². The van der Waals surface area contributed by atoms with Crippen molar-refractivity contribution in [2.24, 2.45) is 16.2 Å². The van der Waals surface area contributed by atoms with Gasteiger partial charge in [0.15, 0.2) is 5.78 Å². The zero-order valence-electron chi connectivity index (χ0n) is 21.0. The van der Waals surface area contributed by atoms with Gasteiger partial charge in [0, 0.05) is 22.8 Å². The van der Waals surface area contributed by atoms with Crippen molar-refractivity contribution in [3.63, 3.8) is 0 Å². The number of rotatable bonds is 11. The fourth-order valence-corrected chi connectivity index (χ4v) is 3.72. The molecule has 0 aliphatic heterocycles. The number of Topliss-reactive ketones (excluding diaryl/α,β-unsaturated/α-hetero) is 2. The zero-order chi connectivity index (χ0) is 23.5. The van der Waals surface area contributed by atoms with Gasteiger partial charge in [-0.15, -0.1) is 0 Å². The van der Waals surface area contributed by atoms with Crippen LogP contribution in [-0.2, 0) is 19.1 Å². The first-order valence-electron chi connectivity index (χ1n) is 10.6. The molecule has 0 atom stereocenters. The van der Waals surface area contributed by atoms with Crippen LogP contribution in [0.1, 0.15) is 102 Å². The lowest BCUT2D eigenvalue weighted by atomic mass is 9.68. The van der Waals surface area contributed by atoms with Crippen LogP contribution in [0.4, 0.5) is 0 Å². The van der Waals surface area contributed by atoms with Gasteiger partial charge in [0.1, 0.15) is 11.4 Å². The minimum atomic E-state index is -0.970. The topological polar surface area (TPSA) is 72.5 Å². The first-order valence-corrected chi connectivity index (χ1v) is 10.6. The molecule has 0 bridgehead atoms. The average Bonchev–Trinajstić information content (AvgIpc) is 2.41. The van der Waals surface area contributed by atoms with Gasteiger partial charge in [0.05, 0.1) is 6.61 Å². The van der Waals surface area contributed by atoms with Crippen LogP contribution in [0, 0.1) is 16.2 Å². The van der Waals surface area contributed by atoms with E-state index in [9.17, 15) is 14.4 Å². The lowest BCUT2D eigenvalue weighted by Gasteiger charge is -2.38. The first-order chi connectivity index (χ1) is 12.6. The van der Waals surface area contributed by atoms with Gasteiger partial charge in [-0.25, -0.2) is 0 Å². The molecule has 5 heteroatoms. The van der Waals surface area contributed by atoms with Crippen LogP contribution in [0.25, 0.3) is 0 Å². The number of carbonyl (C=O) groups excluding carboxylic acids is 3. The van der Waals surface area contributed by atoms with Crippen molar-refractivity contribution >= 4 is 17.5 Å². The second-order valence-corrected chi connectivity index (χ2v) is 12.1. The highest BCUT2D eigenvalue weighted by atomic mass is 16.5. The van der Waals surface area contributed by atoms with E-state index in [-0.39, 0.29) is 22.9 Å². The molecule has 1 N–H and O–H groups in total. The molecule has 0 saturated carbocycles. The monoisotopic (exact) mass is 411 g/mol. The Labute approximate surface area is 178 Å². The van der Waals surface area contributed by atoms with Crippen molar-refractivity contribution in [3.05, 3.63) is 0 Å². The molecule has 0 rings (SSSR count). The van der Waals surface area contributed by atoms with E-state index >= 15 is 0 Å². The van der Waals surface area contributed by atoms with Gasteiger partial charge >= 0.3 is 0 Å². The van der Waals surface area contributed by atoms with Crippen LogP contribution in [-0.4, -0.2) is 35.2 Å². The number of ether oxygens (including phenoxy) is 1. The molecule has 0 aromatic carbocycles. The maximum Gasteiger partial charge on any atom is 0.220 e. The van der Waals surface area contributed by atoms with Gasteiger partial charge in [-0.2, -0.15) is 0 Å². The lowest BCUT2D eigenvalue weighted by Crippen LogP contribution is -2.48. The van der Waals surface area contributed by atoms with Gasteiger partial charge < -0.3 is 10.1 Å². The molecule has 0 spiro atoms. The number of nitrogens with one attached hydrogen (secondary N) is 1. The van der Waals surface area contributed by atoms with E-state index < -0.39 is 22.0 Å². The molecule has 170 valence electrons. The highest BCUT2D eigenvalue weighted by Crippen LogP contribution is 2.38. The highest BCUT2D eigenvalue weighted by Gasteiger charge is 2.44. The summed E-state index contributed by atoms with van der Waals surface area (Å²) in [6.45, 7) is 23.0. The van der Waals surface area contributed by atoms with Crippen molar-refractivity contribution in [1.82, 2.24) is 5.32 Å². The summed E-state index contributed by atoms with van der Waals surface area (Å²) in [6, 6.07) is 0. The minimum absolute atomic E-state index is 0.0189. The summed E-state index contributed by atoms with van der Waals surface area (Å²) in [7, 11) is 0. The third-order valence-corrected chi connectivity index (χ3v) is 5.36. The summed E-state index contributed by atoms with van der Waals surface area (Å²) in [6.07, 6.45) is 1.52. The zero-order valence-corrected chi connectivity index (χ0v) is 21.0. The fraction of sp³-hybridized carbons (Fsp3) is 0.875. The van der Waals surface area contributed by atoms with E-state index in [1.165, 1.54) is 0 Å². The van der Waals surface area contributed by atoms with E-state index in [2.05, 4.69) is 5.32 Å². The molecule has 0 aliphatic rings. The van der Waals surface area contributed by atoms with Crippen LogP contribution < -0.4 is 5.32 Å². The van der Waals surface area contributed by atoms with E-state index in [1.807, 2.05) is 62.3 Å². The number of carbonyl (C=O) groups is 3. The van der Waals surface area contributed by atoms with Gasteiger partial charge in [-0.05, 0) is 52.9 Å². The van der Waals surface area contributed by atoms with Crippen molar-refractivity contribution in [2.45, 2.75) is 113 Å². The number of amides is 1. The Hall–Kier alpha value is -1.23. The second-order valence-electron chi connectivity index (χ2n) is 12.1. The molecule has 5 nitrogen and oxygen atoms in total. The molecule has 0 fully saturated rings. The highest BCUT2D eigenvalue weighted by molar-refractivity contribution is 5.92. The molecule has 0 aliphatic carbocycles. The Morgan fingerprint density at radius 3 is 1.69 bits per heavy atom. The van der Waals surface area contributed by atoms with Gasteiger partial charge in [-0.1, -0.05) is 48.5 Å². The van der Waals surface area contributed by atoms with E-state index in [4.69, 9.17) is 4.74 Å². The summed E-state index contributed by atoms with van der Waals surface area (Å²) < 4.78 is 5.99. The van der Waals surface area contributed by atoms with Crippen molar-refractivity contribution in [3.8, 4) is 0 Å². The molecule has 0 aromatic heterocycles. The van der Waals surface area contributed by atoms with Crippen molar-refractivity contribution in [1.29, 1.82) is 0 Å². The largest absolute Gasteiger partial charge is 0.368 e. The Morgan fingerprint density at radius 2 is 1.28 bits per heavy atom. The molecule has 29 heavy (non-hydrogen) atoms. The molecule has 0 saturated heterocycles. The van der Waals surface area contributed by atoms with Crippen LogP contribution in [0.15, 0.2) is 0 Å². The van der Waals surface area contributed by atoms with Crippen molar-refractivity contribution in [2.75, 3.05) is 6.61 Å². The number of ketones is 2. The Kier molecular flexibility index (Phi) is 8.89. The second kappa shape index (κ2) is 9.28. The molecule has 0 unspecified atom stereocenters. The minimum Gasteiger partial charge on any atom is -0.368 e. The summed E-state index contributed by atoms with van der Waals surface area (Å²) in [5.41, 5.74) is -2.70. The molecule has 1 amide bonds. The summed E-state index contributed by atoms with van der Waals surface area (Å²) in [4.78, 5) is 37.3. The SMILES string of the molecule is CC(=O)C(C)(C)CC(C)(C)C(=O)C(C)(C)OCCC(C)(C)NC(=O)CC(C)(C)C. The van der Waals surface area contributed by atoms with Crippen LogP contribution in [0.2, 0.25) is 0 Å². The van der Waals surface area contributed by atoms with Gasteiger partial charge in [-0.3, -0.25) is 14.4 Å². The third-order valence-electron chi connectivity index (χ3n) is 5.36. The Morgan fingerprint density at radius 1 is 0.793 bits per heavy atom. The molecular weight excluding hydrogens is 366 g/mol. The predicted octanol–water partition coefficient (Wildman–Crippen LogP) is 5.10. The average molecular weight is 412 g/mol. The standard InChI is InChI=1S/C24H45NO4/c1-17(26)21(5,6)16-22(7,8)19(28)24(11,12)29-14-13-23(9,10)25-18(27)15-20(2,3)4/h13-16H2,1-12H3,(H,25,27). The molecule has 0 radical (unpaired) electrons. The van der Waals surface area contributed by atoms with Crippen LogP contribution in [0.5, 0.6) is 0 Å². The molecule has 0 aromatic rings. The smallest absolute Gasteiger partial charge is 0.220 e. The predicted molar refractivity (Wildman–Crippen MR) is 119 cm³/mol. The third kappa shape index (κ3) is 9.88. The quantitative estimate of drug-likeness (QED) is 0.513. The van der Waals surface area contributed by atoms with Gasteiger partial charge in [0.2, 0.25) is 5.91 Å².